The SMILES string of the molecule is Cc1cc(Cl)ccc1OCC(=O)NCc1c2c(nc3ccccc13)CCCC2. The van der Waals surface area contributed by atoms with Gasteiger partial charge in [0.2, 0.25) is 0 Å². The van der Waals surface area contributed by atoms with E-state index in [4.69, 9.17) is 21.3 Å². The molecule has 1 heterocycles. The number of ether oxygens (including phenoxy) is 1. The molecule has 1 N–H and O–H groups in total. The van der Waals surface area contributed by atoms with Crippen molar-refractivity contribution in [3.8, 4) is 5.75 Å². The Balaban J connectivity index is 1.48. The summed E-state index contributed by atoms with van der Waals surface area (Å²) >= 11 is 5.96. The zero-order valence-electron chi connectivity index (χ0n) is 15.9. The van der Waals surface area contributed by atoms with Crippen molar-refractivity contribution in [1.29, 1.82) is 0 Å². The van der Waals surface area contributed by atoms with E-state index in [-0.39, 0.29) is 12.5 Å². The summed E-state index contributed by atoms with van der Waals surface area (Å²) in [6.07, 6.45) is 4.39. The van der Waals surface area contributed by atoms with Crippen molar-refractivity contribution in [1.82, 2.24) is 10.3 Å². The molecule has 1 aliphatic rings. The molecule has 144 valence electrons. The quantitative estimate of drug-likeness (QED) is 0.678. The number of hydrogen-bond donors (Lipinski definition) is 1. The molecule has 0 unspecified atom stereocenters. The van der Waals surface area contributed by atoms with Crippen LogP contribution >= 0.6 is 11.6 Å². The number of halogens is 1. The van der Waals surface area contributed by atoms with Crippen molar-refractivity contribution in [3.63, 3.8) is 0 Å². The number of carbonyl (C=O) groups is 1. The minimum atomic E-state index is -0.139. The molecule has 5 heteroatoms. The first-order valence-electron chi connectivity index (χ1n) is 9.67. The van der Waals surface area contributed by atoms with Crippen LogP contribution in [0.25, 0.3) is 10.9 Å². The number of amides is 1. The number of nitrogens with zero attached hydrogens (tertiary/aromatic N) is 1. The molecule has 1 amide bonds. The zero-order chi connectivity index (χ0) is 19.5. The molecule has 0 radical (unpaired) electrons. The summed E-state index contributed by atoms with van der Waals surface area (Å²) in [5, 5.41) is 4.80. The maximum atomic E-state index is 12.4. The minimum absolute atomic E-state index is 0.0202. The van der Waals surface area contributed by atoms with E-state index in [1.165, 1.54) is 29.7 Å². The first-order chi connectivity index (χ1) is 13.6. The number of benzene rings is 2. The number of pyridine rings is 1. The maximum absolute atomic E-state index is 12.4. The molecule has 2 aromatic carbocycles. The molecule has 0 saturated carbocycles. The van der Waals surface area contributed by atoms with Crippen LogP contribution in [0.4, 0.5) is 0 Å². The monoisotopic (exact) mass is 394 g/mol. The lowest BCUT2D eigenvalue weighted by atomic mass is 9.90. The minimum Gasteiger partial charge on any atom is -0.484 e. The molecular weight excluding hydrogens is 372 g/mol. The normalized spacial score (nSPS) is 13.2. The summed E-state index contributed by atoms with van der Waals surface area (Å²) in [6, 6.07) is 13.5. The Morgan fingerprint density at radius 3 is 2.86 bits per heavy atom. The van der Waals surface area contributed by atoms with E-state index < -0.39 is 0 Å². The molecule has 0 fully saturated rings. The first-order valence-corrected chi connectivity index (χ1v) is 10.0. The lowest BCUT2D eigenvalue weighted by Crippen LogP contribution is -2.29. The second-order valence-corrected chi connectivity index (χ2v) is 7.65. The van der Waals surface area contributed by atoms with Crippen LogP contribution < -0.4 is 10.1 Å². The molecule has 1 aromatic heterocycles. The number of carbonyl (C=O) groups excluding carboxylic acids is 1. The molecule has 0 saturated heterocycles. The molecule has 4 nitrogen and oxygen atoms in total. The van der Waals surface area contributed by atoms with Crippen molar-refractivity contribution >= 4 is 28.4 Å². The predicted molar refractivity (Wildman–Crippen MR) is 112 cm³/mol. The molecule has 3 aromatic rings. The highest BCUT2D eigenvalue weighted by Crippen LogP contribution is 2.29. The van der Waals surface area contributed by atoms with Gasteiger partial charge >= 0.3 is 0 Å². The molecule has 0 spiro atoms. The lowest BCUT2D eigenvalue weighted by molar-refractivity contribution is -0.123. The third kappa shape index (κ3) is 3.97. The second kappa shape index (κ2) is 8.19. The highest BCUT2D eigenvalue weighted by atomic mass is 35.5. The topological polar surface area (TPSA) is 51.2 Å². The number of para-hydroxylation sites is 1. The van der Waals surface area contributed by atoms with E-state index in [0.717, 1.165) is 29.3 Å². The number of aryl methyl sites for hydroxylation is 2. The van der Waals surface area contributed by atoms with Crippen LogP contribution in [0.2, 0.25) is 5.02 Å². The van der Waals surface area contributed by atoms with Crippen molar-refractivity contribution in [2.75, 3.05) is 6.61 Å². The van der Waals surface area contributed by atoms with Gasteiger partial charge in [0.05, 0.1) is 5.52 Å². The summed E-state index contributed by atoms with van der Waals surface area (Å²) in [7, 11) is 0. The Hall–Kier alpha value is -2.59. The highest BCUT2D eigenvalue weighted by Gasteiger charge is 2.18. The maximum Gasteiger partial charge on any atom is 0.258 e. The molecule has 4 rings (SSSR count). The summed E-state index contributed by atoms with van der Waals surface area (Å²) in [5.74, 6) is 0.533. The van der Waals surface area contributed by atoms with Gasteiger partial charge in [-0.05, 0) is 73.6 Å². The van der Waals surface area contributed by atoms with E-state index >= 15 is 0 Å². The van der Waals surface area contributed by atoms with E-state index in [2.05, 4.69) is 11.4 Å². The molecule has 0 aliphatic heterocycles. The molecular formula is C23H23ClN2O2. The number of hydrogen-bond acceptors (Lipinski definition) is 3. The fourth-order valence-electron chi connectivity index (χ4n) is 3.83. The van der Waals surface area contributed by atoms with Crippen LogP contribution in [0.15, 0.2) is 42.5 Å². The fraction of sp³-hybridized carbons (Fsp3) is 0.304. The van der Waals surface area contributed by atoms with Gasteiger partial charge in [-0.1, -0.05) is 29.8 Å². The largest absolute Gasteiger partial charge is 0.484 e. The average molecular weight is 395 g/mol. The number of rotatable bonds is 5. The molecule has 28 heavy (non-hydrogen) atoms. The highest BCUT2D eigenvalue weighted by molar-refractivity contribution is 6.30. The summed E-state index contributed by atoms with van der Waals surface area (Å²) in [6.45, 7) is 2.38. The van der Waals surface area contributed by atoms with Gasteiger partial charge in [0.1, 0.15) is 5.75 Å². The lowest BCUT2D eigenvalue weighted by Gasteiger charge is -2.21. The van der Waals surface area contributed by atoms with Gasteiger partial charge in [-0.2, -0.15) is 0 Å². The third-order valence-corrected chi connectivity index (χ3v) is 5.48. The molecule has 0 bridgehead atoms. The summed E-state index contributed by atoms with van der Waals surface area (Å²) in [4.78, 5) is 17.2. The molecule has 0 atom stereocenters. The van der Waals surface area contributed by atoms with Gasteiger partial charge in [0.15, 0.2) is 6.61 Å². The smallest absolute Gasteiger partial charge is 0.258 e. The van der Waals surface area contributed by atoms with Crippen LogP contribution in [-0.4, -0.2) is 17.5 Å². The second-order valence-electron chi connectivity index (χ2n) is 7.22. The van der Waals surface area contributed by atoms with Crippen LogP contribution in [0, 0.1) is 6.92 Å². The number of nitrogens with one attached hydrogen (secondary N) is 1. The number of fused-ring (bicyclic) bond motifs is 2. The Labute approximate surface area is 169 Å². The van der Waals surface area contributed by atoms with Crippen LogP contribution in [0.1, 0.15) is 35.2 Å². The van der Waals surface area contributed by atoms with Gasteiger partial charge in [-0.3, -0.25) is 9.78 Å². The zero-order valence-corrected chi connectivity index (χ0v) is 16.7. The Kier molecular flexibility index (Phi) is 5.49. The fourth-order valence-corrected chi connectivity index (χ4v) is 4.06. The van der Waals surface area contributed by atoms with Gasteiger partial charge in [-0.25, -0.2) is 0 Å². The number of aromatic nitrogens is 1. The Bertz CT molecular complexity index is 1030. The molecule has 1 aliphatic carbocycles. The van der Waals surface area contributed by atoms with Crippen LogP contribution in [0.5, 0.6) is 5.75 Å². The standard InChI is InChI=1S/C23H23ClN2O2/c1-15-12-16(24)10-11-22(15)28-14-23(27)25-13-19-17-6-2-4-8-20(17)26-21-9-5-3-7-18(19)21/h2,4,6,8,10-12H,3,5,7,9,13-14H2,1H3,(H,25,27). The van der Waals surface area contributed by atoms with E-state index in [1.807, 2.05) is 31.2 Å². The van der Waals surface area contributed by atoms with Gasteiger partial charge < -0.3 is 10.1 Å². The first kappa shape index (κ1) is 18.8. The van der Waals surface area contributed by atoms with Crippen molar-refractivity contribution in [2.45, 2.75) is 39.2 Å². The van der Waals surface area contributed by atoms with E-state index in [0.29, 0.717) is 17.3 Å². The van der Waals surface area contributed by atoms with Gasteiger partial charge in [0.25, 0.3) is 5.91 Å². The van der Waals surface area contributed by atoms with Gasteiger partial charge in [-0.15, -0.1) is 0 Å². The Morgan fingerprint density at radius 1 is 1.18 bits per heavy atom. The van der Waals surface area contributed by atoms with Crippen LogP contribution in [0.3, 0.4) is 0 Å². The van der Waals surface area contributed by atoms with E-state index in [9.17, 15) is 4.79 Å². The van der Waals surface area contributed by atoms with Crippen molar-refractivity contribution < 1.29 is 9.53 Å². The summed E-state index contributed by atoms with van der Waals surface area (Å²) < 4.78 is 5.66. The third-order valence-electron chi connectivity index (χ3n) is 5.25. The van der Waals surface area contributed by atoms with Crippen molar-refractivity contribution in [3.05, 3.63) is 69.9 Å². The average Bonchev–Trinajstić information content (AvgIpc) is 2.70. The van der Waals surface area contributed by atoms with Gasteiger partial charge in [0, 0.05) is 22.6 Å². The Morgan fingerprint density at radius 2 is 2.00 bits per heavy atom. The van der Waals surface area contributed by atoms with E-state index in [1.54, 1.807) is 12.1 Å². The predicted octanol–water partition coefficient (Wildman–Crippen LogP) is 4.77. The summed E-state index contributed by atoms with van der Waals surface area (Å²) in [5.41, 5.74) is 5.59. The van der Waals surface area contributed by atoms with Crippen LogP contribution in [-0.2, 0) is 24.2 Å². The van der Waals surface area contributed by atoms with Crippen molar-refractivity contribution in [2.24, 2.45) is 0 Å².